The first kappa shape index (κ1) is 15.3. The van der Waals surface area contributed by atoms with Crippen molar-refractivity contribution in [2.45, 2.75) is 24.3 Å². The van der Waals surface area contributed by atoms with Crippen molar-refractivity contribution in [1.82, 2.24) is 5.43 Å². The molecule has 1 unspecified atom stereocenters. The van der Waals surface area contributed by atoms with Crippen molar-refractivity contribution in [2.75, 3.05) is 6.54 Å². The lowest BCUT2D eigenvalue weighted by molar-refractivity contribution is 0.0957. The largest absolute Gasteiger partial charge is 0.330 e. The van der Waals surface area contributed by atoms with Gasteiger partial charge in [0.1, 0.15) is 0 Å². The maximum atomic E-state index is 11.9. The molecule has 1 aromatic carbocycles. The monoisotopic (exact) mass is 309 g/mol. The van der Waals surface area contributed by atoms with E-state index in [0.29, 0.717) is 16.7 Å². The van der Waals surface area contributed by atoms with Crippen LogP contribution in [0.15, 0.2) is 24.3 Å². The van der Waals surface area contributed by atoms with E-state index in [1.165, 1.54) is 11.3 Å². The number of amides is 1. The third-order valence-corrected chi connectivity index (χ3v) is 5.59. The number of nitrogen functional groups attached to an aromatic ring is 1. The molecule has 4 nitrogen and oxygen atoms in total. The van der Waals surface area contributed by atoms with Gasteiger partial charge in [-0.2, -0.15) is 11.8 Å². The first-order valence-electron chi connectivity index (χ1n) is 6.50. The summed E-state index contributed by atoms with van der Waals surface area (Å²) in [4.78, 5) is 12.6. The van der Waals surface area contributed by atoms with Crippen molar-refractivity contribution in [3.63, 3.8) is 0 Å². The number of nitrogens with one attached hydrogen (secondary N) is 1. The van der Waals surface area contributed by atoms with Gasteiger partial charge in [0.25, 0.3) is 5.91 Å². The quantitative estimate of drug-likeness (QED) is 0.435. The number of carbonyl (C=O) groups is 1. The van der Waals surface area contributed by atoms with Crippen LogP contribution in [-0.2, 0) is 5.75 Å². The van der Waals surface area contributed by atoms with Crippen LogP contribution in [0.2, 0.25) is 0 Å². The van der Waals surface area contributed by atoms with E-state index in [4.69, 9.17) is 11.6 Å². The molecule has 0 saturated carbocycles. The van der Waals surface area contributed by atoms with E-state index in [9.17, 15) is 4.79 Å². The van der Waals surface area contributed by atoms with Gasteiger partial charge in [0, 0.05) is 15.7 Å². The fourth-order valence-electron chi connectivity index (χ4n) is 2.03. The molecule has 0 bridgehead atoms. The lowest BCUT2D eigenvalue weighted by Crippen LogP contribution is -2.29. The lowest BCUT2D eigenvalue weighted by atomic mass is 10.1. The number of rotatable bonds is 6. The van der Waals surface area contributed by atoms with E-state index in [2.05, 4.69) is 18.4 Å². The summed E-state index contributed by atoms with van der Waals surface area (Å²) in [5, 5.41) is 1.62. The number of hydrogen-bond acceptors (Lipinski definition) is 5. The van der Waals surface area contributed by atoms with Crippen molar-refractivity contribution in [3.05, 3.63) is 34.7 Å². The Morgan fingerprint density at radius 1 is 1.45 bits per heavy atom. The first-order chi connectivity index (χ1) is 9.67. The third-order valence-electron chi connectivity index (χ3n) is 3.12. The van der Waals surface area contributed by atoms with Crippen LogP contribution in [0.3, 0.4) is 0 Å². The van der Waals surface area contributed by atoms with Crippen molar-refractivity contribution in [3.8, 4) is 0 Å². The molecule has 1 heterocycles. The van der Waals surface area contributed by atoms with Crippen LogP contribution >= 0.6 is 23.1 Å². The molecule has 2 rings (SSSR count). The molecule has 0 aliphatic heterocycles. The molecule has 0 aliphatic rings. The predicted octanol–water partition coefficient (Wildman–Crippen LogP) is 2.48. The molecule has 0 radical (unpaired) electrons. The molecule has 20 heavy (non-hydrogen) atoms. The third kappa shape index (κ3) is 3.32. The first-order valence-corrected chi connectivity index (χ1v) is 8.37. The Morgan fingerprint density at radius 2 is 2.20 bits per heavy atom. The standard InChI is InChI=1S/C14H19N3OS2/c1-9(6-7-15)19-8-11-10-4-2-3-5-12(10)20-13(11)14(18)17-16/h2-5,9H,6-8,15-16H2,1H3,(H,17,18). The maximum Gasteiger partial charge on any atom is 0.275 e. The Hall–Kier alpha value is -1.08. The second-order valence-corrected chi connectivity index (χ2v) is 7.06. The normalized spacial score (nSPS) is 12.6. The Kier molecular flexibility index (Phi) is 5.42. The van der Waals surface area contributed by atoms with Gasteiger partial charge in [0.05, 0.1) is 4.88 Å². The van der Waals surface area contributed by atoms with Gasteiger partial charge < -0.3 is 5.73 Å². The summed E-state index contributed by atoms with van der Waals surface area (Å²) in [6.07, 6.45) is 0.977. The average Bonchev–Trinajstić information content (AvgIpc) is 2.83. The van der Waals surface area contributed by atoms with Crippen molar-refractivity contribution in [1.29, 1.82) is 0 Å². The highest BCUT2D eigenvalue weighted by molar-refractivity contribution is 7.99. The molecule has 0 saturated heterocycles. The van der Waals surface area contributed by atoms with E-state index in [1.54, 1.807) is 0 Å². The molecule has 0 fully saturated rings. The fourth-order valence-corrected chi connectivity index (χ4v) is 4.30. The van der Waals surface area contributed by atoms with Crippen LogP contribution in [0.5, 0.6) is 0 Å². The van der Waals surface area contributed by atoms with E-state index >= 15 is 0 Å². The molecule has 1 atom stereocenters. The van der Waals surface area contributed by atoms with Gasteiger partial charge in [-0.1, -0.05) is 25.1 Å². The summed E-state index contributed by atoms with van der Waals surface area (Å²) in [6.45, 7) is 2.85. The van der Waals surface area contributed by atoms with Crippen LogP contribution in [0.4, 0.5) is 0 Å². The van der Waals surface area contributed by atoms with E-state index in [-0.39, 0.29) is 5.91 Å². The summed E-state index contributed by atoms with van der Waals surface area (Å²) in [7, 11) is 0. The minimum Gasteiger partial charge on any atom is -0.330 e. The molecule has 0 aliphatic carbocycles. The predicted molar refractivity (Wildman–Crippen MR) is 87.9 cm³/mol. The maximum absolute atomic E-state index is 11.9. The Labute approximate surface area is 126 Å². The van der Waals surface area contributed by atoms with Crippen molar-refractivity contribution < 1.29 is 4.79 Å². The number of nitrogens with two attached hydrogens (primary N) is 2. The molecular formula is C14H19N3OS2. The zero-order valence-corrected chi connectivity index (χ0v) is 13.0. The number of carbonyl (C=O) groups excluding carboxylic acids is 1. The zero-order chi connectivity index (χ0) is 14.5. The molecule has 1 aromatic heterocycles. The Morgan fingerprint density at radius 3 is 2.90 bits per heavy atom. The highest BCUT2D eigenvalue weighted by Gasteiger charge is 2.18. The summed E-state index contributed by atoms with van der Waals surface area (Å²) < 4.78 is 1.12. The van der Waals surface area contributed by atoms with E-state index in [0.717, 1.165) is 27.8 Å². The van der Waals surface area contributed by atoms with Gasteiger partial charge in [-0.15, -0.1) is 11.3 Å². The van der Waals surface area contributed by atoms with Gasteiger partial charge in [-0.25, -0.2) is 5.84 Å². The summed E-state index contributed by atoms with van der Waals surface area (Å²) >= 11 is 3.31. The number of hydrogen-bond donors (Lipinski definition) is 3. The van der Waals surface area contributed by atoms with Crippen molar-refractivity contribution in [2.24, 2.45) is 11.6 Å². The summed E-state index contributed by atoms with van der Waals surface area (Å²) in [5.41, 5.74) is 8.89. The number of thioether (sulfide) groups is 1. The summed E-state index contributed by atoms with van der Waals surface area (Å²) in [6, 6.07) is 8.07. The molecule has 6 heteroatoms. The fraction of sp³-hybridized carbons (Fsp3) is 0.357. The van der Waals surface area contributed by atoms with Crippen LogP contribution < -0.4 is 17.0 Å². The highest BCUT2D eigenvalue weighted by atomic mass is 32.2. The number of fused-ring (bicyclic) bond motifs is 1. The van der Waals surface area contributed by atoms with Gasteiger partial charge in [-0.05, 0) is 30.0 Å². The highest BCUT2D eigenvalue weighted by Crippen LogP contribution is 2.34. The molecule has 5 N–H and O–H groups in total. The van der Waals surface area contributed by atoms with Gasteiger partial charge in [-0.3, -0.25) is 10.2 Å². The van der Waals surface area contributed by atoms with Crippen LogP contribution in [0.25, 0.3) is 10.1 Å². The molecule has 0 spiro atoms. The topological polar surface area (TPSA) is 81.1 Å². The molecular weight excluding hydrogens is 290 g/mol. The number of benzene rings is 1. The summed E-state index contributed by atoms with van der Waals surface area (Å²) in [5.74, 6) is 5.87. The molecule has 108 valence electrons. The van der Waals surface area contributed by atoms with E-state index in [1.807, 2.05) is 30.0 Å². The Bertz CT molecular complexity index is 597. The minimum absolute atomic E-state index is 0.215. The molecule has 2 aromatic rings. The van der Waals surface area contributed by atoms with Gasteiger partial charge in [0.15, 0.2) is 0 Å². The smallest absolute Gasteiger partial charge is 0.275 e. The van der Waals surface area contributed by atoms with Crippen molar-refractivity contribution >= 4 is 39.1 Å². The van der Waals surface area contributed by atoms with Crippen LogP contribution in [0, 0.1) is 0 Å². The number of hydrazine groups is 1. The molecule has 1 amide bonds. The van der Waals surface area contributed by atoms with Gasteiger partial charge in [0.2, 0.25) is 0 Å². The van der Waals surface area contributed by atoms with Gasteiger partial charge >= 0.3 is 0 Å². The second kappa shape index (κ2) is 7.08. The Balaban J connectivity index is 2.31. The minimum atomic E-state index is -0.215. The average molecular weight is 309 g/mol. The zero-order valence-electron chi connectivity index (χ0n) is 11.4. The van der Waals surface area contributed by atoms with Crippen LogP contribution in [0.1, 0.15) is 28.6 Å². The van der Waals surface area contributed by atoms with Crippen LogP contribution in [-0.4, -0.2) is 17.7 Å². The van der Waals surface area contributed by atoms with E-state index < -0.39 is 0 Å². The number of thiophene rings is 1. The second-order valence-electron chi connectivity index (χ2n) is 4.58. The SMILES string of the molecule is CC(CCN)SCc1c(C(=O)NN)sc2ccccc12. The lowest BCUT2D eigenvalue weighted by Gasteiger charge is -2.10.